The number of carboxylic acid groups (broad SMARTS) is 1. The predicted molar refractivity (Wildman–Crippen MR) is 77.0 cm³/mol. The van der Waals surface area contributed by atoms with Crippen LogP contribution in [0.25, 0.3) is 0 Å². The lowest BCUT2D eigenvalue weighted by Crippen LogP contribution is -2.20. The highest BCUT2D eigenvalue weighted by Crippen LogP contribution is 2.29. The van der Waals surface area contributed by atoms with Crippen LogP contribution in [-0.4, -0.2) is 24.5 Å². The first-order chi connectivity index (χ1) is 9.97. The van der Waals surface area contributed by atoms with Gasteiger partial charge in [0.15, 0.2) is 0 Å². The van der Waals surface area contributed by atoms with Crippen LogP contribution in [0.3, 0.4) is 0 Å². The van der Waals surface area contributed by atoms with Crippen LogP contribution in [0.5, 0.6) is 0 Å². The topological polar surface area (TPSA) is 95.5 Å². The summed E-state index contributed by atoms with van der Waals surface area (Å²) in [5.41, 5.74) is 0.278. The zero-order chi connectivity index (χ0) is 15.8. The van der Waals surface area contributed by atoms with E-state index in [1.165, 1.54) is 11.3 Å². The molecule has 0 aliphatic heterocycles. The van der Waals surface area contributed by atoms with Gasteiger partial charge in [-0.1, -0.05) is 13.3 Å². The Morgan fingerprint density at radius 3 is 2.62 bits per heavy atom. The number of aliphatic carboxylic acids is 1. The van der Waals surface area contributed by atoms with Crippen molar-refractivity contribution in [2.24, 2.45) is 0 Å². The van der Waals surface area contributed by atoms with Crippen molar-refractivity contribution in [1.82, 2.24) is 0 Å². The van der Waals surface area contributed by atoms with E-state index in [-0.39, 0.29) is 12.2 Å². The number of ether oxygens (including phenoxy) is 1. The highest BCUT2D eigenvalue weighted by atomic mass is 32.1. The van der Waals surface area contributed by atoms with E-state index in [0.29, 0.717) is 11.1 Å². The van der Waals surface area contributed by atoms with Crippen molar-refractivity contribution in [2.75, 3.05) is 11.9 Å². The molecule has 0 bridgehead atoms. The number of rotatable bonds is 7. The van der Waals surface area contributed by atoms with Crippen molar-refractivity contribution < 1.29 is 24.2 Å². The molecule has 1 aromatic heterocycles. The molecule has 1 heterocycles. The average molecular weight is 310 g/mol. The van der Waals surface area contributed by atoms with Crippen LogP contribution in [0.4, 0.5) is 5.00 Å². The Hall–Kier alpha value is -2.15. The first-order valence-electron chi connectivity index (χ1n) is 6.47. The molecule has 0 unspecified atom stereocenters. The van der Waals surface area contributed by atoms with Crippen LogP contribution >= 0.6 is 11.3 Å². The van der Waals surface area contributed by atoms with E-state index in [9.17, 15) is 19.5 Å². The Balaban J connectivity index is 2.95. The van der Waals surface area contributed by atoms with Crippen molar-refractivity contribution in [1.29, 1.82) is 0 Å². The van der Waals surface area contributed by atoms with E-state index >= 15 is 0 Å². The van der Waals surface area contributed by atoms with Gasteiger partial charge in [-0.25, -0.2) is 4.79 Å². The normalized spacial score (nSPS) is 10.6. The Labute approximate surface area is 126 Å². The minimum atomic E-state index is -1.46. The average Bonchev–Trinajstić information content (AvgIpc) is 2.80. The SMILES string of the molecule is CCCc1cc(C(=O)OCC)c(NC(=O)C=CC(=O)[O-])s1. The number of hydrogen-bond acceptors (Lipinski definition) is 6. The molecule has 21 heavy (non-hydrogen) atoms. The number of aryl methyl sites for hydroxylation is 1. The summed E-state index contributed by atoms with van der Waals surface area (Å²) in [6, 6.07) is 1.68. The second kappa shape index (κ2) is 8.21. The van der Waals surface area contributed by atoms with Crippen LogP contribution in [0.1, 0.15) is 35.5 Å². The van der Waals surface area contributed by atoms with Crippen LogP contribution in [0.15, 0.2) is 18.2 Å². The van der Waals surface area contributed by atoms with Crippen molar-refractivity contribution in [2.45, 2.75) is 26.7 Å². The molecule has 1 amide bonds. The third-order valence-electron chi connectivity index (χ3n) is 2.38. The second-order valence-corrected chi connectivity index (χ2v) is 5.20. The molecule has 0 aliphatic carbocycles. The standard InChI is InChI=1S/C14H17NO5S/c1-3-5-9-8-10(14(19)20-4-2)13(21-9)15-11(16)6-7-12(17)18/h6-8H,3-5H2,1-2H3,(H,15,16)(H,17,18)/p-1. The summed E-state index contributed by atoms with van der Waals surface area (Å²) in [5, 5.41) is 13.1. The molecule has 6 nitrogen and oxygen atoms in total. The number of thiophene rings is 1. The molecule has 0 spiro atoms. The number of hydrogen-bond donors (Lipinski definition) is 1. The van der Waals surface area contributed by atoms with Gasteiger partial charge in [0.25, 0.3) is 0 Å². The Kier molecular flexibility index (Phi) is 6.61. The maximum absolute atomic E-state index is 11.8. The lowest BCUT2D eigenvalue weighted by atomic mass is 10.2. The largest absolute Gasteiger partial charge is 0.545 e. The van der Waals surface area contributed by atoms with Gasteiger partial charge < -0.3 is 20.0 Å². The summed E-state index contributed by atoms with van der Waals surface area (Å²) >= 11 is 1.27. The highest BCUT2D eigenvalue weighted by molar-refractivity contribution is 7.16. The van der Waals surface area contributed by atoms with Crippen LogP contribution < -0.4 is 10.4 Å². The van der Waals surface area contributed by atoms with Crippen molar-refractivity contribution >= 4 is 34.2 Å². The minimum absolute atomic E-state index is 0.232. The molecule has 1 aromatic rings. The molecule has 1 rings (SSSR count). The maximum Gasteiger partial charge on any atom is 0.341 e. The summed E-state index contributed by atoms with van der Waals surface area (Å²) in [7, 11) is 0. The number of carbonyl (C=O) groups is 3. The molecular weight excluding hydrogens is 294 g/mol. The van der Waals surface area contributed by atoms with Crippen molar-refractivity contribution in [3.63, 3.8) is 0 Å². The molecule has 0 aromatic carbocycles. The Bertz CT molecular complexity index is 562. The van der Waals surface area contributed by atoms with Crippen LogP contribution in [-0.2, 0) is 20.7 Å². The van der Waals surface area contributed by atoms with E-state index in [1.54, 1.807) is 13.0 Å². The van der Waals surface area contributed by atoms with E-state index in [4.69, 9.17) is 4.74 Å². The Morgan fingerprint density at radius 2 is 2.05 bits per heavy atom. The Morgan fingerprint density at radius 1 is 1.33 bits per heavy atom. The number of nitrogens with one attached hydrogen (secondary N) is 1. The van der Waals surface area contributed by atoms with E-state index in [1.807, 2.05) is 6.92 Å². The lowest BCUT2D eigenvalue weighted by molar-refractivity contribution is -0.297. The first-order valence-corrected chi connectivity index (χ1v) is 7.29. The third-order valence-corrected chi connectivity index (χ3v) is 3.49. The third kappa shape index (κ3) is 5.39. The summed E-state index contributed by atoms with van der Waals surface area (Å²) in [5.74, 6) is -2.63. The molecule has 0 fully saturated rings. The fourth-order valence-corrected chi connectivity index (χ4v) is 2.71. The van der Waals surface area contributed by atoms with E-state index in [0.717, 1.165) is 23.8 Å². The van der Waals surface area contributed by atoms with E-state index < -0.39 is 17.8 Å². The molecule has 0 saturated carbocycles. The fourth-order valence-electron chi connectivity index (χ4n) is 1.56. The number of carbonyl (C=O) groups excluding carboxylic acids is 3. The highest BCUT2D eigenvalue weighted by Gasteiger charge is 2.18. The van der Waals surface area contributed by atoms with Crippen LogP contribution in [0.2, 0.25) is 0 Å². The number of amides is 1. The fraction of sp³-hybridized carbons (Fsp3) is 0.357. The second-order valence-electron chi connectivity index (χ2n) is 4.07. The van der Waals surface area contributed by atoms with Gasteiger partial charge in [-0.2, -0.15) is 0 Å². The maximum atomic E-state index is 11.8. The zero-order valence-corrected chi connectivity index (χ0v) is 12.6. The van der Waals surface area contributed by atoms with Gasteiger partial charge in [-0.3, -0.25) is 4.79 Å². The van der Waals surface area contributed by atoms with Crippen molar-refractivity contribution in [3.05, 3.63) is 28.7 Å². The molecule has 0 saturated heterocycles. The van der Waals surface area contributed by atoms with Gasteiger partial charge >= 0.3 is 5.97 Å². The number of carboxylic acids is 1. The lowest BCUT2D eigenvalue weighted by Gasteiger charge is -2.03. The summed E-state index contributed by atoms with van der Waals surface area (Å²) in [6.07, 6.45) is 3.14. The predicted octanol–water partition coefficient (Wildman–Crippen LogP) is 1.12. The molecule has 7 heteroatoms. The summed E-state index contributed by atoms with van der Waals surface area (Å²) in [4.78, 5) is 34.6. The summed E-state index contributed by atoms with van der Waals surface area (Å²) in [6.45, 7) is 3.93. The molecular formula is C14H16NO5S-. The van der Waals surface area contributed by atoms with Gasteiger partial charge in [0.05, 0.1) is 18.1 Å². The first kappa shape index (κ1) is 16.9. The zero-order valence-electron chi connectivity index (χ0n) is 11.8. The van der Waals surface area contributed by atoms with E-state index in [2.05, 4.69) is 5.32 Å². The minimum Gasteiger partial charge on any atom is -0.545 e. The number of esters is 1. The van der Waals surface area contributed by atoms with Gasteiger partial charge in [0, 0.05) is 11.0 Å². The molecule has 0 radical (unpaired) electrons. The molecule has 1 N–H and O–H groups in total. The monoisotopic (exact) mass is 310 g/mol. The van der Waals surface area contributed by atoms with Crippen molar-refractivity contribution in [3.8, 4) is 0 Å². The molecule has 0 atom stereocenters. The van der Waals surface area contributed by atoms with Gasteiger partial charge in [0.1, 0.15) is 5.00 Å². The van der Waals surface area contributed by atoms with Gasteiger partial charge in [0.2, 0.25) is 5.91 Å². The van der Waals surface area contributed by atoms with Gasteiger partial charge in [-0.15, -0.1) is 11.3 Å². The van der Waals surface area contributed by atoms with Gasteiger partial charge in [-0.05, 0) is 25.5 Å². The molecule has 0 aliphatic rings. The van der Waals surface area contributed by atoms with Crippen LogP contribution in [0, 0.1) is 0 Å². The number of anilines is 1. The molecule has 114 valence electrons. The quantitative estimate of drug-likeness (QED) is 0.601. The summed E-state index contributed by atoms with van der Waals surface area (Å²) < 4.78 is 4.93. The smallest absolute Gasteiger partial charge is 0.341 e.